The van der Waals surface area contributed by atoms with Crippen molar-refractivity contribution in [3.8, 4) is 0 Å². The van der Waals surface area contributed by atoms with E-state index in [2.05, 4.69) is 4.98 Å². The van der Waals surface area contributed by atoms with Gasteiger partial charge in [0.2, 0.25) is 0 Å². The van der Waals surface area contributed by atoms with Crippen LogP contribution in [0.3, 0.4) is 0 Å². The molecule has 0 unspecified atom stereocenters. The Morgan fingerprint density at radius 2 is 1.77 bits per heavy atom. The molecule has 0 aromatic carbocycles. The molecule has 0 N–H and O–H groups in total. The van der Waals surface area contributed by atoms with E-state index in [9.17, 15) is 12.9 Å². The van der Waals surface area contributed by atoms with Gasteiger partial charge in [0.05, 0.1) is 0 Å². The van der Waals surface area contributed by atoms with E-state index in [1.54, 1.807) is 13.8 Å². The van der Waals surface area contributed by atoms with Crippen molar-refractivity contribution in [1.82, 2.24) is 4.98 Å². The van der Waals surface area contributed by atoms with E-state index in [1.807, 2.05) is 0 Å². The Kier molecular flexibility index (Phi) is 5.17. The molecule has 1 nitrogen and oxygen atoms in total. The molecule has 0 aliphatic carbocycles. The maximum atomic E-state index is 12.1. The largest absolute Gasteiger partial charge is 1.00 e. The van der Waals surface area contributed by atoms with Crippen LogP contribution in [0.4, 0.5) is 12.9 Å². The van der Waals surface area contributed by atoms with Crippen LogP contribution in [0, 0.1) is 13.8 Å². The van der Waals surface area contributed by atoms with Gasteiger partial charge in [-0.2, -0.15) is 0 Å². The predicted octanol–water partition coefficient (Wildman–Crippen LogP) is -1.24. The van der Waals surface area contributed by atoms with E-state index in [0.29, 0.717) is 11.3 Å². The summed E-state index contributed by atoms with van der Waals surface area (Å²) in [5.74, 6) is 0. The van der Waals surface area contributed by atoms with Crippen molar-refractivity contribution >= 4 is 12.4 Å². The standard InChI is InChI=1S/C7H8BF3N.K/c1-5-3-7(8(9,10)11)4-12-6(5)2;/h3-4H,1-2H3;/q-1;+1. The summed E-state index contributed by atoms with van der Waals surface area (Å²) in [6.45, 7) is -1.60. The molecule has 0 saturated carbocycles. The monoisotopic (exact) mass is 213 g/mol. The summed E-state index contributed by atoms with van der Waals surface area (Å²) in [7, 11) is 0. The second-order valence-corrected chi connectivity index (χ2v) is 2.75. The van der Waals surface area contributed by atoms with Crippen LogP contribution in [0.5, 0.6) is 0 Å². The Bertz CT molecular complexity index is 300. The number of aryl methyl sites for hydroxylation is 2. The van der Waals surface area contributed by atoms with Gasteiger partial charge in [-0.25, -0.2) is 0 Å². The normalized spacial score (nSPS) is 10.8. The van der Waals surface area contributed by atoms with Crippen molar-refractivity contribution < 1.29 is 64.3 Å². The van der Waals surface area contributed by atoms with Gasteiger partial charge in [0, 0.05) is 11.9 Å². The molecule has 1 aromatic rings. The van der Waals surface area contributed by atoms with Gasteiger partial charge >= 0.3 is 58.4 Å². The summed E-state index contributed by atoms with van der Waals surface area (Å²) in [5, 5.41) is 0. The average molecular weight is 213 g/mol. The first kappa shape index (κ1) is 13.6. The van der Waals surface area contributed by atoms with Crippen LogP contribution in [-0.2, 0) is 0 Å². The minimum Gasteiger partial charge on any atom is -0.445 e. The van der Waals surface area contributed by atoms with Gasteiger partial charge in [-0.3, -0.25) is 4.98 Å². The first-order valence-corrected chi connectivity index (χ1v) is 3.54. The maximum Gasteiger partial charge on any atom is 1.00 e. The zero-order valence-electron chi connectivity index (χ0n) is 7.81. The summed E-state index contributed by atoms with van der Waals surface area (Å²) in [4.78, 5) is 3.64. The van der Waals surface area contributed by atoms with Gasteiger partial charge in [0.25, 0.3) is 0 Å². The molecule has 66 valence electrons. The molecule has 0 aliphatic heterocycles. The topological polar surface area (TPSA) is 12.9 Å². The van der Waals surface area contributed by atoms with E-state index in [0.717, 1.165) is 12.3 Å². The quantitative estimate of drug-likeness (QED) is 0.531. The molecule has 1 aromatic heterocycles. The van der Waals surface area contributed by atoms with Crippen LogP contribution < -0.4 is 56.8 Å². The van der Waals surface area contributed by atoms with E-state index in [-0.39, 0.29) is 51.4 Å². The summed E-state index contributed by atoms with van der Waals surface area (Å²) in [5.41, 5.74) is 0.587. The minimum absolute atomic E-state index is 0. The van der Waals surface area contributed by atoms with Crippen LogP contribution in [0.25, 0.3) is 0 Å². The Hall–Kier alpha value is 0.641. The number of pyridine rings is 1. The zero-order chi connectivity index (χ0) is 9.35. The Morgan fingerprint density at radius 1 is 1.23 bits per heavy atom. The summed E-state index contributed by atoms with van der Waals surface area (Å²) in [6, 6.07) is 1.13. The van der Waals surface area contributed by atoms with Crippen LogP contribution >= 0.6 is 0 Å². The number of halogens is 3. The number of hydrogen-bond acceptors (Lipinski definition) is 1. The molecule has 0 atom stereocenters. The first-order chi connectivity index (χ1) is 5.41. The van der Waals surface area contributed by atoms with Gasteiger partial charge < -0.3 is 12.9 Å². The average Bonchev–Trinajstić information content (AvgIpc) is 1.92. The summed E-state index contributed by atoms with van der Waals surface area (Å²) >= 11 is 0. The van der Waals surface area contributed by atoms with Gasteiger partial charge in [-0.05, 0) is 19.4 Å². The molecule has 0 fully saturated rings. The molecular weight excluding hydrogens is 205 g/mol. The molecule has 0 saturated heterocycles. The molecule has 0 radical (unpaired) electrons. The molecule has 0 aliphatic rings. The van der Waals surface area contributed by atoms with Crippen molar-refractivity contribution in [3.63, 3.8) is 0 Å². The fourth-order valence-corrected chi connectivity index (χ4v) is 0.844. The Balaban J connectivity index is 0.00000144. The van der Waals surface area contributed by atoms with Crippen LogP contribution in [0.2, 0.25) is 0 Å². The molecule has 0 spiro atoms. The molecule has 6 heteroatoms. The number of rotatable bonds is 1. The van der Waals surface area contributed by atoms with E-state index in [1.165, 1.54) is 0 Å². The maximum absolute atomic E-state index is 12.1. The van der Waals surface area contributed by atoms with Gasteiger partial charge in [0.1, 0.15) is 0 Å². The summed E-state index contributed by atoms with van der Waals surface area (Å²) in [6.07, 6.45) is 0.877. The van der Waals surface area contributed by atoms with Crippen molar-refractivity contribution in [2.45, 2.75) is 13.8 Å². The second-order valence-electron chi connectivity index (χ2n) is 2.75. The number of aromatic nitrogens is 1. The molecule has 1 heterocycles. The van der Waals surface area contributed by atoms with Crippen molar-refractivity contribution in [1.29, 1.82) is 0 Å². The SMILES string of the molecule is Cc1cc([B-](F)(F)F)cnc1C.[K+]. The molecule has 1 rings (SSSR count). The third-order valence-electron chi connectivity index (χ3n) is 1.74. The Morgan fingerprint density at radius 3 is 2.15 bits per heavy atom. The van der Waals surface area contributed by atoms with E-state index in [4.69, 9.17) is 0 Å². The van der Waals surface area contributed by atoms with Gasteiger partial charge in [0.15, 0.2) is 0 Å². The summed E-state index contributed by atoms with van der Waals surface area (Å²) < 4.78 is 36.4. The fraction of sp³-hybridized carbons (Fsp3) is 0.286. The van der Waals surface area contributed by atoms with Crippen LogP contribution in [-0.4, -0.2) is 12.0 Å². The smallest absolute Gasteiger partial charge is 0.445 e. The minimum atomic E-state index is -4.90. The van der Waals surface area contributed by atoms with Crippen molar-refractivity contribution in [2.75, 3.05) is 0 Å². The van der Waals surface area contributed by atoms with Gasteiger partial charge in [-0.15, -0.1) is 0 Å². The third kappa shape index (κ3) is 3.71. The zero-order valence-corrected chi connectivity index (χ0v) is 10.9. The van der Waals surface area contributed by atoms with E-state index >= 15 is 0 Å². The Labute approximate surface area is 118 Å². The number of hydrogen-bond donors (Lipinski definition) is 0. The molecule has 0 bridgehead atoms. The number of nitrogens with zero attached hydrogens (tertiary/aromatic N) is 1. The van der Waals surface area contributed by atoms with Crippen LogP contribution in [0.1, 0.15) is 11.3 Å². The third-order valence-corrected chi connectivity index (χ3v) is 1.74. The van der Waals surface area contributed by atoms with Crippen molar-refractivity contribution in [3.05, 3.63) is 23.5 Å². The fourth-order valence-electron chi connectivity index (χ4n) is 0.844. The molecular formula is C7H8BF3KN. The second kappa shape index (κ2) is 4.93. The van der Waals surface area contributed by atoms with E-state index < -0.39 is 12.4 Å². The van der Waals surface area contributed by atoms with Gasteiger partial charge in [-0.1, -0.05) is 11.5 Å². The predicted molar refractivity (Wildman–Crippen MR) is 42.4 cm³/mol. The van der Waals surface area contributed by atoms with Crippen LogP contribution in [0.15, 0.2) is 12.3 Å². The first-order valence-electron chi connectivity index (χ1n) is 3.54. The van der Waals surface area contributed by atoms with Crippen molar-refractivity contribution in [2.24, 2.45) is 0 Å². The molecule has 13 heavy (non-hydrogen) atoms. The molecule has 0 amide bonds.